The van der Waals surface area contributed by atoms with Gasteiger partial charge in [-0.2, -0.15) is 0 Å². The molecule has 3 rings (SSSR count). The lowest BCUT2D eigenvalue weighted by molar-refractivity contribution is 0.630. The van der Waals surface area contributed by atoms with Gasteiger partial charge in [0.15, 0.2) is 11.0 Å². The number of aromatic nitrogens is 2. The first-order chi connectivity index (χ1) is 8.68. The predicted molar refractivity (Wildman–Crippen MR) is 70.0 cm³/mol. The van der Waals surface area contributed by atoms with Crippen molar-refractivity contribution in [2.45, 2.75) is 0 Å². The molecular formula is C13H9ClFN3. The van der Waals surface area contributed by atoms with E-state index >= 15 is 0 Å². The maximum Gasteiger partial charge on any atom is 0.155 e. The predicted octanol–water partition coefficient (Wildman–Crippen LogP) is 3.38. The van der Waals surface area contributed by atoms with Crippen molar-refractivity contribution in [2.75, 3.05) is 5.73 Å². The molecule has 90 valence electrons. The van der Waals surface area contributed by atoms with Gasteiger partial charge in [0.2, 0.25) is 0 Å². The van der Waals surface area contributed by atoms with Crippen molar-refractivity contribution in [3.8, 4) is 11.4 Å². The topological polar surface area (TPSA) is 43.3 Å². The number of imidazole rings is 1. The fourth-order valence-electron chi connectivity index (χ4n) is 1.95. The molecule has 3 nitrogen and oxygen atoms in total. The number of nitrogens with zero attached hydrogens (tertiary/aromatic N) is 2. The molecule has 0 saturated heterocycles. The van der Waals surface area contributed by atoms with Crippen LogP contribution in [-0.4, -0.2) is 9.38 Å². The lowest BCUT2D eigenvalue weighted by Gasteiger charge is -2.05. The van der Waals surface area contributed by atoms with Gasteiger partial charge in [-0.15, -0.1) is 0 Å². The first-order valence-corrected chi connectivity index (χ1v) is 5.73. The van der Waals surface area contributed by atoms with Gasteiger partial charge < -0.3 is 5.73 Å². The van der Waals surface area contributed by atoms with Crippen LogP contribution in [0.4, 0.5) is 10.2 Å². The molecule has 0 radical (unpaired) electrons. The number of hydrogen-bond acceptors (Lipinski definition) is 2. The number of pyridine rings is 1. The summed E-state index contributed by atoms with van der Waals surface area (Å²) >= 11 is 6.04. The van der Waals surface area contributed by atoms with Gasteiger partial charge in [0.25, 0.3) is 0 Å². The van der Waals surface area contributed by atoms with Crippen molar-refractivity contribution in [3.05, 3.63) is 53.4 Å². The normalized spacial score (nSPS) is 11.0. The molecule has 2 aromatic heterocycles. The van der Waals surface area contributed by atoms with Crippen LogP contribution in [-0.2, 0) is 0 Å². The van der Waals surface area contributed by atoms with Crippen LogP contribution < -0.4 is 5.73 Å². The first kappa shape index (κ1) is 11.0. The highest BCUT2D eigenvalue weighted by molar-refractivity contribution is 6.33. The third-order valence-electron chi connectivity index (χ3n) is 2.76. The van der Waals surface area contributed by atoms with Crippen LogP contribution in [0.5, 0.6) is 0 Å². The number of nitrogens with two attached hydrogens (primary N) is 1. The molecule has 2 heterocycles. The molecule has 0 unspecified atom stereocenters. The molecule has 2 N–H and O–H groups in total. The minimum atomic E-state index is -0.357. The third-order valence-corrected chi connectivity index (χ3v) is 3.04. The number of anilines is 1. The van der Waals surface area contributed by atoms with Gasteiger partial charge in [-0.25, -0.2) is 9.37 Å². The Kier molecular flexibility index (Phi) is 2.45. The molecule has 0 spiro atoms. The van der Waals surface area contributed by atoms with Crippen molar-refractivity contribution in [1.82, 2.24) is 9.38 Å². The SMILES string of the molecule is Nc1cccc2c(Cl)nc(-c3ccccc3F)n12. The van der Waals surface area contributed by atoms with E-state index < -0.39 is 0 Å². The standard InChI is InChI=1S/C13H9ClFN3/c14-12-10-6-3-7-11(16)18(10)13(17-12)8-4-1-2-5-9(8)15/h1-7H,16H2. The lowest BCUT2D eigenvalue weighted by atomic mass is 10.2. The molecule has 0 aliphatic carbocycles. The van der Waals surface area contributed by atoms with Crippen molar-refractivity contribution in [1.29, 1.82) is 0 Å². The zero-order chi connectivity index (χ0) is 12.7. The smallest absolute Gasteiger partial charge is 0.155 e. The molecule has 1 aromatic carbocycles. The number of hydrogen-bond donors (Lipinski definition) is 1. The van der Waals surface area contributed by atoms with E-state index in [9.17, 15) is 4.39 Å². The third kappa shape index (κ3) is 1.54. The summed E-state index contributed by atoms with van der Waals surface area (Å²) in [5, 5.41) is 0.306. The Hall–Kier alpha value is -2.07. The first-order valence-electron chi connectivity index (χ1n) is 5.36. The molecular weight excluding hydrogens is 253 g/mol. The summed E-state index contributed by atoms with van der Waals surface area (Å²) in [7, 11) is 0. The van der Waals surface area contributed by atoms with Crippen molar-refractivity contribution >= 4 is 22.9 Å². The molecule has 18 heavy (non-hydrogen) atoms. The number of halogens is 2. The molecule has 0 fully saturated rings. The monoisotopic (exact) mass is 261 g/mol. The van der Waals surface area contributed by atoms with Gasteiger partial charge in [-0.1, -0.05) is 29.8 Å². The van der Waals surface area contributed by atoms with E-state index in [1.165, 1.54) is 6.07 Å². The van der Waals surface area contributed by atoms with Crippen LogP contribution in [0.1, 0.15) is 0 Å². The van der Waals surface area contributed by atoms with Gasteiger partial charge in [0.05, 0.1) is 11.1 Å². The van der Waals surface area contributed by atoms with Crippen LogP contribution in [0.3, 0.4) is 0 Å². The highest BCUT2D eigenvalue weighted by atomic mass is 35.5. The van der Waals surface area contributed by atoms with Gasteiger partial charge >= 0.3 is 0 Å². The molecule has 0 bridgehead atoms. The summed E-state index contributed by atoms with van der Waals surface area (Å²) < 4.78 is 15.4. The Morgan fingerprint density at radius 2 is 1.89 bits per heavy atom. The molecule has 5 heteroatoms. The number of fused-ring (bicyclic) bond motifs is 1. The van der Waals surface area contributed by atoms with Crippen LogP contribution in [0.25, 0.3) is 16.9 Å². The zero-order valence-corrected chi connectivity index (χ0v) is 10.0. The second-order valence-electron chi connectivity index (χ2n) is 3.88. The minimum absolute atomic E-state index is 0.306. The molecule has 0 amide bonds. The minimum Gasteiger partial charge on any atom is -0.385 e. The summed E-state index contributed by atoms with van der Waals surface area (Å²) in [4.78, 5) is 4.19. The van der Waals surface area contributed by atoms with E-state index in [4.69, 9.17) is 17.3 Å². The lowest BCUT2D eigenvalue weighted by Crippen LogP contribution is -1.99. The summed E-state index contributed by atoms with van der Waals surface area (Å²) in [5.74, 6) is 0.515. The van der Waals surface area contributed by atoms with Gasteiger partial charge in [-0.3, -0.25) is 4.40 Å². The van der Waals surface area contributed by atoms with Crippen LogP contribution >= 0.6 is 11.6 Å². The van der Waals surface area contributed by atoms with E-state index in [0.29, 0.717) is 27.9 Å². The molecule has 3 aromatic rings. The highest BCUT2D eigenvalue weighted by Gasteiger charge is 2.15. The Morgan fingerprint density at radius 1 is 1.11 bits per heavy atom. The fraction of sp³-hybridized carbons (Fsp3) is 0. The van der Waals surface area contributed by atoms with E-state index in [0.717, 1.165) is 0 Å². The average molecular weight is 262 g/mol. The highest BCUT2D eigenvalue weighted by Crippen LogP contribution is 2.29. The maximum absolute atomic E-state index is 13.8. The number of benzene rings is 1. The molecule has 0 atom stereocenters. The largest absolute Gasteiger partial charge is 0.385 e. The van der Waals surface area contributed by atoms with E-state index in [2.05, 4.69) is 4.98 Å². The van der Waals surface area contributed by atoms with E-state index in [1.807, 2.05) is 0 Å². The second-order valence-corrected chi connectivity index (χ2v) is 4.24. The molecule has 0 aliphatic rings. The summed E-state index contributed by atoms with van der Waals surface area (Å²) in [6.45, 7) is 0. The van der Waals surface area contributed by atoms with E-state index in [1.54, 1.807) is 40.8 Å². The summed E-state index contributed by atoms with van der Waals surface area (Å²) in [6.07, 6.45) is 0. The number of nitrogen functional groups attached to an aromatic ring is 1. The average Bonchev–Trinajstić information content (AvgIpc) is 2.69. The van der Waals surface area contributed by atoms with Crippen molar-refractivity contribution < 1.29 is 4.39 Å². The molecule has 0 aliphatic heterocycles. The number of rotatable bonds is 1. The van der Waals surface area contributed by atoms with Crippen molar-refractivity contribution in [3.63, 3.8) is 0 Å². The van der Waals surface area contributed by atoms with Crippen LogP contribution in [0.2, 0.25) is 5.15 Å². The Morgan fingerprint density at radius 3 is 2.67 bits per heavy atom. The van der Waals surface area contributed by atoms with Crippen molar-refractivity contribution in [2.24, 2.45) is 0 Å². The Bertz CT molecular complexity index is 736. The van der Waals surface area contributed by atoms with Crippen LogP contribution in [0, 0.1) is 5.82 Å². The quantitative estimate of drug-likeness (QED) is 0.730. The second kappa shape index (κ2) is 3.99. The zero-order valence-electron chi connectivity index (χ0n) is 9.27. The summed E-state index contributed by atoms with van der Waals surface area (Å²) in [6, 6.07) is 11.7. The van der Waals surface area contributed by atoms with Gasteiger partial charge in [-0.05, 0) is 24.3 Å². The Labute approximate surface area is 108 Å². The van der Waals surface area contributed by atoms with Gasteiger partial charge in [0.1, 0.15) is 11.6 Å². The van der Waals surface area contributed by atoms with Crippen LogP contribution in [0.15, 0.2) is 42.5 Å². The summed E-state index contributed by atoms with van der Waals surface area (Å²) in [5.41, 5.74) is 6.93. The molecule has 0 saturated carbocycles. The van der Waals surface area contributed by atoms with Gasteiger partial charge in [0, 0.05) is 0 Å². The maximum atomic E-state index is 13.8. The van der Waals surface area contributed by atoms with E-state index in [-0.39, 0.29) is 5.82 Å². The fourth-order valence-corrected chi connectivity index (χ4v) is 2.17. The Balaban J connectivity index is 2.41.